The molecule has 1 saturated heterocycles. The average Bonchev–Trinajstić information content (AvgIpc) is 3.12. The lowest BCUT2D eigenvalue weighted by Crippen LogP contribution is -2.64. The van der Waals surface area contributed by atoms with Crippen LogP contribution in [0.4, 0.5) is 0 Å². The highest BCUT2D eigenvalue weighted by Crippen LogP contribution is 2.65. The third kappa shape index (κ3) is 5.53. The number of rotatable bonds is 6. The monoisotopic (exact) mass is 617 g/mol. The molecule has 44 heavy (non-hydrogen) atoms. The number of carbonyl (C=O) groups excluding carboxylic acids is 5. The summed E-state index contributed by atoms with van der Waals surface area (Å²) in [6.07, 6.45) is -6.55. The first kappa shape index (κ1) is 28.2. The first-order valence-electron chi connectivity index (χ1n) is 16.4. The molecular formula is C33H42O11. The molecule has 0 aromatic rings. The van der Waals surface area contributed by atoms with Crippen molar-refractivity contribution in [3.05, 3.63) is 36.0 Å². The molecule has 5 aliphatic rings. The Labute approximate surface area is 261 Å². The van der Waals surface area contributed by atoms with E-state index in [2.05, 4.69) is 13.5 Å². The molecule has 0 amide bonds. The van der Waals surface area contributed by atoms with Gasteiger partial charge in [0, 0.05) is 28.9 Å². The van der Waals surface area contributed by atoms with Crippen LogP contribution in [0.1, 0.15) is 70.8 Å². The zero-order valence-corrected chi connectivity index (χ0v) is 25.9. The second-order valence-electron chi connectivity index (χ2n) is 12.7. The first-order chi connectivity index (χ1) is 21.8. The summed E-state index contributed by atoms with van der Waals surface area (Å²) >= 11 is 0. The van der Waals surface area contributed by atoms with E-state index in [-0.39, 0.29) is 30.0 Å². The van der Waals surface area contributed by atoms with Gasteiger partial charge in [0.2, 0.25) is 0 Å². The van der Waals surface area contributed by atoms with Crippen LogP contribution in [0.25, 0.3) is 0 Å². The molecule has 240 valence electrons. The van der Waals surface area contributed by atoms with Crippen molar-refractivity contribution < 1.29 is 56.5 Å². The molecule has 1 aliphatic heterocycles. The summed E-state index contributed by atoms with van der Waals surface area (Å²) in [5.74, 6) is -4.16. The van der Waals surface area contributed by atoms with Crippen molar-refractivity contribution in [3.8, 4) is 0 Å². The maximum Gasteiger partial charge on any atom is 0.339 e. The summed E-state index contributed by atoms with van der Waals surface area (Å²) in [6, 6.07) is 0. The number of fused-ring (bicyclic) bond motifs is 5. The summed E-state index contributed by atoms with van der Waals surface area (Å²) in [5, 5.41) is 0. The van der Waals surface area contributed by atoms with Gasteiger partial charge in [-0.3, -0.25) is 19.2 Å². The SMILES string of the molecule is [2H]C1([2H])C[C@H]2[C@@H]3CC(=C)C4=CC(=O)C=C[C@]4(C)[C@H]3CC[C@]2(C)[C@@]1([2H])O[C@H]1O[C@@H](C(=O)OC)[C@H](OC(C)=O)[C@@H](OC(C)=O)[C@@H]1OC(C)=O. The van der Waals surface area contributed by atoms with Gasteiger partial charge in [-0.15, -0.1) is 0 Å². The van der Waals surface area contributed by atoms with Crippen molar-refractivity contribution >= 4 is 29.7 Å². The number of carbonyl (C=O) groups is 5. The van der Waals surface area contributed by atoms with Gasteiger partial charge in [0.05, 0.1) is 14.6 Å². The van der Waals surface area contributed by atoms with Crippen LogP contribution in [-0.2, 0) is 52.4 Å². The van der Waals surface area contributed by atoms with E-state index in [1.165, 1.54) is 0 Å². The minimum atomic E-state index is -2.33. The molecule has 0 aromatic carbocycles. The Hall–Kier alpha value is -3.31. The smallest absolute Gasteiger partial charge is 0.339 e. The van der Waals surface area contributed by atoms with Gasteiger partial charge in [0.1, 0.15) is 0 Å². The third-order valence-corrected chi connectivity index (χ3v) is 9.99. The molecule has 5 rings (SSSR count). The summed E-state index contributed by atoms with van der Waals surface area (Å²) < 4.78 is 61.7. The van der Waals surface area contributed by atoms with Crippen LogP contribution in [0.15, 0.2) is 36.0 Å². The lowest BCUT2D eigenvalue weighted by atomic mass is 9.47. The Balaban J connectivity index is 1.55. The molecule has 4 fully saturated rings. The van der Waals surface area contributed by atoms with Crippen molar-refractivity contribution in [2.24, 2.45) is 28.6 Å². The number of hydrogen-bond acceptors (Lipinski definition) is 11. The Morgan fingerprint density at radius 1 is 1.00 bits per heavy atom. The Morgan fingerprint density at radius 2 is 1.64 bits per heavy atom. The minimum Gasteiger partial charge on any atom is -0.467 e. The standard InChI is InChI=1S/C33H42O11/c1-16-14-21-22-8-9-25(33(22,6)13-11-23(21)32(5)12-10-20(37)15-24(16)32)43-31-29(42-19(4)36)27(41-18(3)35)26(40-17(2)34)28(44-31)30(38)39-7/h10,12,15,21-23,25-29,31H,1,8-9,11,13-14H2,2-7H3/t21-,22-,23-,25-,26+,27+,28+,29-,31-,32+,33-/m0/s1/i9D2,25D. The summed E-state index contributed by atoms with van der Waals surface area (Å²) in [6.45, 7) is 11.4. The maximum atomic E-state index is 13.0. The van der Waals surface area contributed by atoms with E-state index in [1.54, 1.807) is 19.1 Å². The Kier molecular flexibility index (Phi) is 7.62. The second-order valence-corrected chi connectivity index (χ2v) is 12.7. The van der Waals surface area contributed by atoms with Crippen LogP contribution in [0.3, 0.4) is 0 Å². The van der Waals surface area contributed by atoms with Crippen LogP contribution in [-0.4, -0.2) is 73.6 Å². The van der Waals surface area contributed by atoms with Gasteiger partial charge in [0.25, 0.3) is 0 Å². The lowest BCUT2D eigenvalue weighted by molar-refractivity contribution is -0.317. The molecule has 0 aromatic heterocycles. The van der Waals surface area contributed by atoms with Gasteiger partial charge >= 0.3 is 23.9 Å². The van der Waals surface area contributed by atoms with E-state index < -0.39 is 77.9 Å². The molecule has 0 N–H and O–H groups in total. The van der Waals surface area contributed by atoms with Gasteiger partial charge in [-0.2, -0.15) is 0 Å². The number of esters is 4. The van der Waals surface area contributed by atoms with E-state index in [9.17, 15) is 28.1 Å². The van der Waals surface area contributed by atoms with Crippen molar-refractivity contribution in [1.29, 1.82) is 0 Å². The van der Waals surface area contributed by atoms with Crippen LogP contribution in [0, 0.1) is 28.6 Å². The van der Waals surface area contributed by atoms with E-state index in [1.807, 2.05) is 6.08 Å². The van der Waals surface area contributed by atoms with Crippen LogP contribution >= 0.6 is 0 Å². The highest BCUT2D eigenvalue weighted by atomic mass is 16.7. The Morgan fingerprint density at radius 3 is 2.27 bits per heavy atom. The number of ketones is 1. The second kappa shape index (κ2) is 11.9. The fraction of sp³-hybridized carbons (Fsp3) is 0.667. The predicted octanol–water partition coefficient (Wildman–Crippen LogP) is 3.54. The molecule has 11 heteroatoms. The summed E-state index contributed by atoms with van der Waals surface area (Å²) in [5.41, 5.74) is 0.0708. The quantitative estimate of drug-likeness (QED) is 0.319. The molecule has 0 spiro atoms. The van der Waals surface area contributed by atoms with Crippen LogP contribution < -0.4 is 0 Å². The zero-order chi connectivity index (χ0) is 34.9. The Bertz CT molecular complexity index is 1460. The van der Waals surface area contributed by atoms with E-state index in [0.29, 0.717) is 19.3 Å². The molecule has 11 atom stereocenters. The van der Waals surface area contributed by atoms with Crippen molar-refractivity contribution in [1.82, 2.24) is 0 Å². The third-order valence-electron chi connectivity index (χ3n) is 9.99. The van der Waals surface area contributed by atoms with Crippen LogP contribution in [0.2, 0.25) is 0 Å². The highest BCUT2D eigenvalue weighted by Gasteiger charge is 2.62. The largest absolute Gasteiger partial charge is 0.467 e. The average molecular weight is 618 g/mol. The number of ether oxygens (including phenoxy) is 6. The predicted molar refractivity (Wildman–Crippen MR) is 153 cm³/mol. The summed E-state index contributed by atoms with van der Waals surface area (Å²) in [4.78, 5) is 61.9. The normalized spacial score (nSPS) is 44.8. The number of methoxy groups -OCH3 is 1. The molecule has 0 radical (unpaired) electrons. The molecule has 0 unspecified atom stereocenters. The summed E-state index contributed by atoms with van der Waals surface area (Å²) in [7, 11) is 1.06. The first-order valence-corrected chi connectivity index (χ1v) is 14.9. The van der Waals surface area contributed by atoms with Crippen LogP contribution in [0.5, 0.6) is 0 Å². The number of allylic oxidation sites excluding steroid dienone is 5. The van der Waals surface area contributed by atoms with E-state index in [4.69, 9.17) is 28.4 Å². The minimum absolute atomic E-state index is 0.0427. The molecule has 1 heterocycles. The highest BCUT2D eigenvalue weighted by molar-refractivity contribution is 6.01. The molecule has 11 nitrogen and oxygen atoms in total. The molecular weight excluding hydrogens is 572 g/mol. The zero-order valence-electron chi connectivity index (χ0n) is 28.9. The van der Waals surface area contributed by atoms with E-state index in [0.717, 1.165) is 39.0 Å². The van der Waals surface area contributed by atoms with Gasteiger partial charge in [-0.25, -0.2) is 4.79 Å². The van der Waals surface area contributed by atoms with Crippen molar-refractivity contribution in [2.45, 2.75) is 103 Å². The molecule has 3 saturated carbocycles. The van der Waals surface area contributed by atoms with Gasteiger partial charge in [-0.1, -0.05) is 32.1 Å². The fourth-order valence-electron chi connectivity index (χ4n) is 8.06. The number of hydrogen-bond donors (Lipinski definition) is 0. The molecule has 4 aliphatic carbocycles. The van der Waals surface area contributed by atoms with Crippen molar-refractivity contribution in [2.75, 3.05) is 7.11 Å². The fourth-order valence-corrected chi connectivity index (χ4v) is 8.06. The van der Waals surface area contributed by atoms with Gasteiger partial charge in [0.15, 0.2) is 36.5 Å². The van der Waals surface area contributed by atoms with Gasteiger partial charge < -0.3 is 28.4 Å². The van der Waals surface area contributed by atoms with Gasteiger partial charge in [-0.05, 0) is 73.0 Å². The van der Waals surface area contributed by atoms with Crippen molar-refractivity contribution in [3.63, 3.8) is 0 Å². The van der Waals surface area contributed by atoms with E-state index >= 15 is 0 Å². The topological polar surface area (TPSA) is 141 Å². The lowest BCUT2D eigenvalue weighted by Gasteiger charge is -2.57. The maximum absolute atomic E-state index is 13.0. The molecule has 0 bridgehead atoms.